The molecule has 0 aliphatic heterocycles. The number of ketones is 1. The molecule has 0 atom stereocenters. The van der Waals surface area contributed by atoms with Crippen LogP contribution in [-0.2, 0) is 4.79 Å². The normalized spacial score (nSPS) is 11.2. The zero-order chi connectivity index (χ0) is 19.3. The van der Waals surface area contributed by atoms with Crippen LogP contribution < -0.4 is 9.47 Å². The molecule has 0 fully saturated rings. The first-order valence-electron chi connectivity index (χ1n) is 7.38. The van der Waals surface area contributed by atoms with Crippen LogP contribution >= 0.6 is 31.9 Å². The molecule has 2 aromatic rings. The van der Waals surface area contributed by atoms with Crippen molar-refractivity contribution < 1.29 is 24.5 Å². The molecule has 0 radical (unpaired) electrons. The number of hydrogen-bond acceptors (Lipinski definition) is 5. The number of rotatable bonds is 6. The van der Waals surface area contributed by atoms with Gasteiger partial charge < -0.3 is 19.7 Å². The summed E-state index contributed by atoms with van der Waals surface area (Å²) in [6.45, 7) is 0. The standard InChI is InChI=1S/C19H16Br2O5/c1-25-18-11(7-14(23)9-16(18)20)3-5-13(22)6-4-12-8-15(24)10-17(21)19(12)26-2/h3-10,23-24H,1-2H3/b5-3+,6-4+. The van der Waals surface area contributed by atoms with E-state index in [9.17, 15) is 15.0 Å². The summed E-state index contributed by atoms with van der Waals surface area (Å²) in [5.41, 5.74) is 1.11. The van der Waals surface area contributed by atoms with E-state index in [2.05, 4.69) is 31.9 Å². The largest absolute Gasteiger partial charge is 0.508 e. The second-order valence-corrected chi connectivity index (χ2v) is 6.88. The molecular formula is C19H16Br2O5. The predicted molar refractivity (Wildman–Crippen MR) is 108 cm³/mol. The SMILES string of the molecule is COc1c(Br)cc(O)cc1/C=C/C(=O)/C=C/c1cc(O)cc(Br)c1OC. The maximum absolute atomic E-state index is 12.1. The topological polar surface area (TPSA) is 76.0 Å². The van der Waals surface area contributed by atoms with E-state index >= 15 is 0 Å². The molecule has 0 aliphatic carbocycles. The zero-order valence-electron chi connectivity index (χ0n) is 14.0. The third-order valence-electron chi connectivity index (χ3n) is 3.38. The van der Waals surface area contributed by atoms with Crippen LogP contribution in [0.4, 0.5) is 0 Å². The summed E-state index contributed by atoms with van der Waals surface area (Å²) in [7, 11) is 3.00. The maximum Gasteiger partial charge on any atom is 0.178 e. The van der Waals surface area contributed by atoms with Gasteiger partial charge in [-0.1, -0.05) is 0 Å². The molecule has 7 heteroatoms. The van der Waals surface area contributed by atoms with Crippen molar-refractivity contribution in [3.05, 3.63) is 56.5 Å². The van der Waals surface area contributed by atoms with Crippen molar-refractivity contribution in [3.63, 3.8) is 0 Å². The molecule has 0 spiro atoms. The Labute approximate surface area is 167 Å². The highest BCUT2D eigenvalue weighted by Crippen LogP contribution is 2.35. The van der Waals surface area contributed by atoms with Gasteiger partial charge in [-0.15, -0.1) is 0 Å². The molecule has 136 valence electrons. The summed E-state index contributed by atoms with van der Waals surface area (Å²) in [6, 6.07) is 5.99. The van der Waals surface area contributed by atoms with E-state index in [1.165, 1.54) is 50.6 Å². The van der Waals surface area contributed by atoms with Crippen molar-refractivity contribution in [2.24, 2.45) is 0 Å². The van der Waals surface area contributed by atoms with Crippen molar-refractivity contribution in [2.75, 3.05) is 14.2 Å². The quantitative estimate of drug-likeness (QED) is 0.569. The smallest absolute Gasteiger partial charge is 0.178 e. The lowest BCUT2D eigenvalue weighted by Crippen LogP contribution is -1.91. The van der Waals surface area contributed by atoms with E-state index < -0.39 is 0 Å². The van der Waals surface area contributed by atoms with E-state index in [0.29, 0.717) is 31.6 Å². The molecule has 0 amide bonds. The Bertz CT molecular complexity index is 816. The number of benzene rings is 2. The molecule has 2 aromatic carbocycles. The molecule has 0 aliphatic rings. The van der Waals surface area contributed by atoms with Crippen molar-refractivity contribution >= 4 is 49.8 Å². The van der Waals surface area contributed by atoms with Crippen LogP contribution in [0.15, 0.2) is 45.4 Å². The monoisotopic (exact) mass is 482 g/mol. The summed E-state index contributed by atoms with van der Waals surface area (Å²) in [5.74, 6) is 0.834. The molecule has 0 aromatic heterocycles. The minimum Gasteiger partial charge on any atom is -0.508 e. The lowest BCUT2D eigenvalue weighted by molar-refractivity contribution is -0.110. The average molecular weight is 484 g/mol. The van der Waals surface area contributed by atoms with Gasteiger partial charge in [-0.3, -0.25) is 4.79 Å². The lowest BCUT2D eigenvalue weighted by Gasteiger charge is -2.08. The first kappa shape index (κ1) is 20.1. The maximum atomic E-state index is 12.1. The molecule has 0 saturated heterocycles. The van der Waals surface area contributed by atoms with Gasteiger partial charge in [0.05, 0.1) is 23.2 Å². The Morgan fingerprint density at radius 2 is 1.23 bits per heavy atom. The van der Waals surface area contributed by atoms with Crippen LogP contribution in [0.25, 0.3) is 12.2 Å². The number of carbonyl (C=O) groups excluding carboxylic acids is 1. The van der Waals surface area contributed by atoms with E-state index in [1.807, 2.05) is 0 Å². The summed E-state index contributed by atoms with van der Waals surface area (Å²) in [4.78, 5) is 12.1. The number of ether oxygens (including phenoxy) is 2. The van der Waals surface area contributed by atoms with Crippen LogP contribution in [0.1, 0.15) is 11.1 Å². The highest BCUT2D eigenvalue weighted by Gasteiger charge is 2.09. The first-order chi connectivity index (χ1) is 12.3. The van der Waals surface area contributed by atoms with Crippen molar-refractivity contribution in [2.45, 2.75) is 0 Å². The lowest BCUT2D eigenvalue weighted by atomic mass is 10.1. The highest BCUT2D eigenvalue weighted by atomic mass is 79.9. The van der Waals surface area contributed by atoms with Crippen molar-refractivity contribution in [1.82, 2.24) is 0 Å². The van der Waals surface area contributed by atoms with E-state index in [1.54, 1.807) is 12.2 Å². The van der Waals surface area contributed by atoms with Gasteiger partial charge in [0.1, 0.15) is 23.0 Å². The Morgan fingerprint density at radius 3 is 1.58 bits per heavy atom. The van der Waals surface area contributed by atoms with Gasteiger partial charge in [0, 0.05) is 11.1 Å². The molecular weight excluding hydrogens is 468 g/mol. The zero-order valence-corrected chi connectivity index (χ0v) is 17.2. The van der Waals surface area contributed by atoms with Crippen LogP contribution in [-0.4, -0.2) is 30.2 Å². The molecule has 0 unspecified atom stereocenters. The van der Waals surface area contributed by atoms with Crippen molar-refractivity contribution in [1.29, 1.82) is 0 Å². The molecule has 2 N–H and O–H groups in total. The predicted octanol–water partition coefficient (Wildman–Crippen LogP) is 4.94. The van der Waals surface area contributed by atoms with Gasteiger partial charge in [0.25, 0.3) is 0 Å². The van der Waals surface area contributed by atoms with Crippen LogP contribution in [0, 0.1) is 0 Å². The second kappa shape index (κ2) is 8.91. The van der Waals surface area contributed by atoms with E-state index in [-0.39, 0.29) is 17.3 Å². The fourth-order valence-electron chi connectivity index (χ4n) is 2.28. The van der Waals surface area contributed by atoms with Gasteiger partial charge in [-0.05, 0) is 80.4 Å². The van der Waals surface area contributed by atoms with Gasteiger partial charge in [-0.2, -0.15) is 0 Å². The number of hydrogen-bond donors (Lipinski definition) is 2. The molecule has 0 saturated carbocycles. The van der Waals surface area contributed by atoms with Crippen LogP contribution in [0.2, 0.25) is 0 Å². The number of allylic oxidation sites excluding steroid dienone is 2. The number of halogens is 2. The number of carbonyl (C=O) groups is 1. The second-order valence-electron chi connectivity index (χ2n) is 5.17. The molecule has 0 bridgehead atoms. The van der Waals surface area contributed by atoms with Crippen LogP contribution in [0.3, 0.4) is 0 Å². The van der Waals surface area contributed by atoms with E-state index in [0.717, 1.165) is 0 Å². The van der Waals surface area contributed by atoms with Gasteiger partial charge in [0.15, 0.2) is 5.78 Å². The van der Waals surface area contributed by atoms with Gasteiger partial charge >= 0.3 is 0 Å². The molecule has 5 nitrogen and oxygen atoms in total. The van der Waals surface area contributed by atoms with Gasteiger partial charge in [0.2, 0.25) is 0 Å². The summed E-state index contributed by atoms with van der Waals surface area (Å²) < 4.78 is 11.7. The van der Waals surface area contributed by atoms with E-state index in [4.69, 9.17) is 9.47 Å². The minimum absolute atomic E-state index is 0.0506. The Hall–Kier alpha value is -2.25. The minimum atomic E-state index is -0.284. The molecule has 26 heavy (non-hydrogen) atoms. The third kappa shape index (κ3) is 4.89. The number of phenols is 2. The number of phenolic OH excluding ortho intramolecular Hbond substituents is 2. The fraction of sp³-hybridized carbons (Fsp3) is 0.105. The molecule has 2 rings (SSSR count). The van der Waals surface area contributed by atoms with Crippen LogP contribution in [0.5, 0.6) is 23.0 Å². The Morgan fingerprint density at radius 1 is 0.846 bits per heavy atom. The summed E-state index contributed by atoms with van der Waals surface area (Å²) >= 11 is 6.59. The molecule has 0 heterocycles. The third-order valence-corrected chi connectivity index (χ3v) is 4.55. The Kier molecular flexibility index (Phi) is 6.88. The number of methoxy groups -OCH3 is 2. The van der Waals surface area contributed by atoms with Gasteiger partial charge in [-0.25, -0.2) is 0 Å². The highest BCUT2D eigenvalue weighted by molar-refractivity contribution is 9.10. The summed E-state index contributed by atoms with van der Waals surface area (Å²) in [6.07, 6.45) is 5.80. The average Bonchev–Trinajstić information content (AvgIpc) is 2.57. The fourth-order valence-corrected chi connectivity index (χ4v) is 3.53. The summed E-state index contributed by atoms with van der Waals surface area (Å²) in [5, 5.41) is 19.4. The Balaban J connectivity index is 2.25. The first-order valence-corrected chi connectivity index (χ1v) is 8.97. The number of aromatic hydroxyl groups is 2. The van der Waals surface area contributed by atoms with Crippen molar-refractivity contribution in [3.8, 4) is 23.0 Å².